The Morgan fingerprint density at radius 1 is 0.909 bits per heavy atom. The number of benzene rings is 3. The molecule has 5 heteroatoms. The second-order valence-corrected chi connectivity index (χ2v) is 8.33. The van der Waals surface area contributed by atoms with Gasteiger partial charge in [-0.25, -0.2) is 0 Å². The summed E-state index contributed by atoms with van der Waals surface area (Å²) in [5, 5.41) is 5.06. The zero-order valence-corrected chi connectivity index (χ0v) is 19.8. The zero-order chi connectivity index (χ0) is 23.6. The van der Waals surface area contributed by atoms with Crippen LogP contribution in [0.3, 0.4) is 0 Å². The molecular weight excluding hydrogens is 412 g/mol. The largest absolute Gasteiger partial charge is 0.483 e. The van der Waals surface area contributed by atoms with E-state index in [4.69, 9.17) is 4.74 Å². The van der Waals surface area contributed by atoms with Gasteiger partial charge >= 0.3 is 0 Å². The van der Waals surface area contributed by atoms with Crippen LogP contribution in [0.25, 0.3) is 10.8 Å². The van der Waals surface area contributed by atoms with Crippen LogP contribution >= 0.6 is 0 Å². The molecule has 0 bridgehead atoms. The standard InChI is InChI=1S/C28H34N2O3/c1-4-21(3)29-28(32)25(5-2)30(19-18-22-12-7-6-8-13-22)27(31)20-33-26-17-11-15-23-14-9-10-16-24(23)26/h6-17,21,25H,4-5,18-20H2,1-3H3,(H,29,32)/t21-,25+/m0/s1. The van der Waals surface area contributed by atoms with Crippen molar-refractivity contribution in [3.8, 4) is 5.75 Å². The van der Waals surface area contributed by atoms with Gasteiger partial charge in [0.15, 0.2) is 6.61 Å². The molecule has 0 aliphatic rings. The van der Waals surface area contributed by atoms with Gasteiger partial charge in [0, 0.05) is 18.0 Å². The maximum absolute atomic E-state index is 13.4. The number of nitrogens with zero attached hydrogens (tertiary/aromatic N) is 1. The Hall–Kier alpha value is -3.34. The maximum Gasteiger partial charge on any atom is 0.261 e. The predicted octanol–water partition coefficient (Wildman–Crippen LogP) is 4.98. The minimum absolute atomic E-state index is 0.0598. The third-order valence-electron chi connectivity index (χ3n) is 5.97. The highest BCUT2D eigenvalue weighted by Gasteiger charge is 2.29. The smallest absolute Gasteiger partial charge is 0.261 e. The highest BCUT2D eigenvalue weighted by atomic mass is 16.5. The molecule has 0 radical (unpaired) electrons. The molecule has 0 heterocycles. The molecule has 0 saturated heterocycles. The average molecular weight is 447 g/mol. The van der Waals surface area contributed by atoms with E-state index >= 15 is 0 Å². The summed E-state index contributed by atoms with van der Waals surface area (Å²) in [5.41, 5.74) is 1.13. The van der Waals surface area contributed by atoms with Crippen molar-refractivity contribution in [1.82, 2.24) is 10.2 Å². The SMILES string of the molecule is CC[C@H](C(=O)N[C@@H](C)CC)N(CCc1ccccc1)C(=O)COc1cccc2ccccc12. The number of fused-ring (bicyclic) bond motifs is 1. The van der Waals surface area contributed by atoms with Gasteiger partial charge in [-0.05, 0) is 43.2 Å². The minimum atomic E-state index is -0.536. The fourth-order valence-electron chi connectivity index (χ4n) is 3.88. The number of amides is 2. The molecule has 33 heavy (non-hydrogen) atoms. The third-order valence-corrected chi connectivity index (χ3v) is 5.97. The molecule has 3 aromatic carbocycles. The van der Waals surface area contributed by atoms with Gasteiger partial charge < -0.3 is 15.0 Å². The monoisotopic (exact) mass is 446 g/mol. The molecule has 3 aromatic rings. The van der Waals surface area contributed by atoms with Crippen LogP contribution in [0, 0.1) is 0 Å². The topological polar surface area (TPSA) is 58.6 Å². The van der Waals surface area contributed by atoms with E-state index < -0.39 is 6.04 Å². The van der Waals surface area contributed by atoms with Crippen molar-refractivity contribution in [1.29, 1.82) is 0 Å². The Morgan fingerprint density at radius 2 is 1.61 bits per heavy atom. The Morgan fingerprint density at radius 3 is 2.33 bits per heavy atom. The first-order valence-electron chi connectivity index (χ1n) is 11.8. The number of hydrogen-bond acceptors (Lipinski definition) is 3. The lowest BCUT2D eigenvalue weighted by Gasteiger charge is -2.31. The highest BCUT2D eigenvalue weighted by molar-refractivity contribution is 5.90. The Bertz CT molecular complexity index is 1050. The number of carbonyl (C=O) groups is 2. The number of ether oxygens (including phenoxy) is 1. The molecule has 0 fully saturated rings. The molecule has 0 spiro atoms. The second kappa shape index (κ2) is 12.0. The number of carbonyl (C=O) groups excluding carboxylic acids is 2. The lowest BCUT2D eigenvalue weighted by molar-refractivity contribution is -0.142. The third kappa shape index (κ3) is 6.58. The molecule has 5 nitrogen and oxygen atoms in total. The summed E-state index contributed by atoms with van der Waals surface area (Å²) in [6, 6.07) is 23.3. The molecule has 0 unspecified atom stereocenters. The fraction of sp³-hybridized carbons (Fsp3) is 0.357. The van der Waals surface area contributed by atoms with Gasteiger partial charge in [-0.15, -0.1) is 0 Å². The average Bonchev–Trinajstić information content (AvgIpc) is 2.85. The van der Waals surface area contributed by atoms with Crippen LogP contribution in [0.5, 0.6) is 5.75 Å². The second-order valence-electron chi connectivity index (χ2n) is 8.33. The molecule has 3 rings (SSSR count). The van der Waals surface area contributed by atoms with Gasteiger partial charge in [0.05, 0.1) is 0 Å². The highest BCUT2D eigenvalue weighted by Crippen LogP contribution is 2.25. The number of nitrogens with one attached hydrogen (secondary N) is 1. The predicted molar refractivity (Wildman–Crippen MR) is 133 cm³/mol. The van der Waals surface area contributed by atoms with Crippen molar-refractivity contribution in [2.24, 2.45) is 0 Å². The van der Waals surface area contributed by atoms with E-state index in [2.05, 4.69) is 5.32 Å². The van der Waals surface area contributed by atoms with Crippen molar-refractivity contribution >= 4 is 22.6 Å². The first-order chi connectivity index (χ1) is 16.0. The van der Waals surface area contributed by atoms with Crippen molar-refractivity contribution in [3.63, 3.8) is 0 Å². The summed E-state index contributed by atoms with van der Waals surface area (Å²) in [7, 11) is 0. The van der Waals surface area contributed by atoms with E-state index in [0.717, 1.165) is 22.8 Å². The van der Waals surface area contributed by atoms with Crippen LogP contribution in [0.1, 0.15) is 39.2 Å². The van der Waals surface area contributed by atoms with Gasteiger partial charge in [-0.2, -0.15) is 0 Å². The summed E-state index contributed by atoms with van der Waals surface area (Å²) in [6.07, 6.45) is 2.05. The Labute approximate surface area is 196 Å². The van der Waals surface area contributed by atoms with Crippen molar-refractivity contribution < 1.29 is 14.3 Å². The van der Waals surface area contributed by atoms with E-state index in [-0.39, 0.29) is 24.5 Å². The van der Waals surface area contributed by atoms with E-state index in [9.17, 15) is 9.59 Å². The quantitative estimate of drug-likeness (QED) is 0.452. The number of rotatable bonds is 11. The van der Waals surface area contributed by atoms with Gasteiger partial charge in [0.25, 0.3) is 5.91 Å². The summed E-state index contributed by atoms with van der Waals surface area (Å²) >= 11 is 0. The van der Waals surface area contributed by atoms with Gasteiger partial charge in [-0.1, -0.05) is 80.6 Å². The van der Waals surface area contributed by atoms with E-state index in [1.807, 2.05) is 93.6 Å². The molecular formula is C28H34N2O3. The minimum Gasteiger partial charge on any atom is -0.483 e. The lowest BCUT2D eigenvalue weighted by Crippen LogP contribution is -2.52. The van der Waals surface area contributed by atoms with Crippen LogP contribution < -0.4 is 10.1 Å². The molecule has 0 aliphatic heterocycles. The zero-order valence-electron chi connectivity index (χ0n) is 19.8. The first-order valence-corrected chi connectivity index (χ1v) is 11.8. The molecule has 2 atom stereocenters. The van der Waals surface area contributed by atoms with Crippen molar-refractivity contribution in [2.75, 3.05) is 13.2 Å². The molecule has 0 saturated carbocycles. The van der Waals surface area contributed by atoms with E-state index in [1.54, 1.807) is 4.90 Å². The van der Waals surface area contributed by atoms with Crippen molar-refractivity contribution in [2.45, 2.75) is 52.1 Å². The normalized spacial score (nSPS) is 12.7. The summed E-state index contributed by atoms with van der Waals surface area (Å²) in [6.45, 7) is 6.28. The summed E-state index contributed by atoms with van der Waals surface area (Å²) < 4.78 is 5.97. The van der Waals surface area contributed by atoms with E-state index in [1.165, 1.54) is 0 Å². The van der Waals surface area contributed by atoms with Crippen LogP contribution in [-0.2, 0) is 16.0 Å². The van der Waals surface area contributed by atoms with Crippen LogP contribution in [-0.4, -0.2) is 41.9 Å². The summed E-state index contributed by atoms with van der Waals surface area (Å²) in [5.74, 6) is 0.366. The van der Waals surface area contributed by atoms with Crippen LogP contribution in [0.15, 0.2) is 72.8 Å². The Balaban J connectivity index is 1.77. The molecule has 0 aromatic heterocycles. The molecule has 2 amide bonds. The van der Waals surface area contributed by atoms with Crippen LogP contribution in [0.2, 0.25) is 0 Å². The first kappa shape index (κ1) is 24.3. The lowest BCUT2D eigenvalue weighted by atomic mass is 10.1. The molecule has 0 aliphatic carbocycles. The van der Waals surface area contributed by atoms with E-state index in [0.29, 0.717) is 25.1 Å². The maximum atomic E-state index is 13.4. The molecule has 174 valence electrons. The van der Waals surface area contributed by atoms with Gasteiger partial charge in [0.2, 0.25) is 5.91 Å². The van der Waals surface area contributed by atoms with Crippen molar-refractivity contribution in [3.05, 3.63) is 78.4 Å². The Kier molecular flexibility index (Phi) is 8.87. The number of hydrogen-bond donors (Lipinski definition) is 1. The summed E-state index contributed by atoms with van der Waals surface area (Å²) in [4.78, 5) is 28.0. The fourth-order valence-corrected chi connectivity index (χ4v) is 3.88. The van der Waals surface area contributed by atoms with Gasteiger partial charge in [-0.3, -0.25) is 9.59 Å². The van der Waals surface area contributed by atoms with Gasteiger partial charge in [0.1, 0.15) is 11.8 Å². The molecule has 1 N–H and O–H groups in total. The van der Waals surface area contributed by atoms with Crippen LogP contribution in [0.4, 0.5) is 0 Å².